The summed E-state index contributed by atoms with van der Waals surface area (Å²) in [6.45, 7) is 1.79. The number of pyridine rings is 2. The summed E-state index contributed by atoms with van der Waals surface area (Å²) in [7, 11) is 1.81. The summed E-state index contributed by atoms with van der Waals surface area (Å²) in [5, 5.41) is 7.78. The van der Waals surface area contributed by atoms with Crippen molar-refractivity contribution in [3.63, 3.8) is 0 Å². The van der Waals surface area contributed by atoms with Gasteiger partial charge in [-0.3, -0.25) is 19.0 Å². The number of imidazole rings is 1. The van der Waals surface area contributed by atoms with Crippen LogP contribution in [0.1, 0.15) is 40.3 Å². The van der Waals surface area contributed by atoms with Crippen LogP contribution in [0.2, 0.25) is 0 Å². The summed E-state index contributed by atoms with van der Waals surface area (Å²) < 4.78 is 4.64. The van der Waals surface area contributed by atoms with Crippen molar-refractivity contribution in [3.8, 4) is 17.5 Å². The number of anilines is 1. The van der Waals surface area contributed by atoms with E-state index in [1.165, 1.54) is 8.97 Å². The number of nitrogen functional groups attached to an aromatic ring is 1. The number of carbonyl (C=O) groups is 1. The van der Waals surface area contributed by atoms with Gasteiger partial charge in [-0.2, -0.15) is 5.10 Å². The Morgan fingerprint density at radius 1 is 1.02 bits per heavy atom. The molecule has 6 rings (SSSR count). The van der Waals surface area contributed by atoms with Crippen LogP contribution in [0.15, 0.2) is 84.3 Å². The summed E-state index contributed by atoms with van der Waals surface area (Å²) in [4.78, 5) is 40.4. The van der Waals surface area contributed by atoms with Crippen molar-refractivity contribution in [1.82, 2.24) is 39.0 Å². The van der Waals surface area contributed by atoms with Gasteiger partial charge < -0.3 is 11.1 Å². The third kappa shape index (κ3) is 4.33. The van der Waals surface area contributed by atoms with Crippen LogP contribution in [0.25, 0.3) is 22.2 Å². The number of rotatable bonds is 4. The first-order valence-electron chi connectivity index (χ1n) is 12.4. The lowest BCUT2D eigenvalue weighted by Crippen LogP contribution is -2.35. The predicted molar refractivity (Wildman–Crippen MR) is 150 cm³/mol. The minimum absolute atomic E-state index is 0.0666. The average molecular weight is 530 g/mol. The average Bonchev–Trinajstić information content (AvgIpc) is 3.57. The molecule has 1 aromatic carbocycles. The zero-order valence-corrected chi connectivity index (χ0v) is 21.6. The van der Waals surface area contributed by atoms with Gasteiger partial charge in [0.1, 0.15) is 22.7 Å². The molecule has 11 heteroatoms. The Balaban J connectivity index is 1.45. The first-order chi connectivity index (χ1) is 19.4. The van der Waals surface area contributed by atoms with Crippen LogP contribution in [0.3, 0.4) is 0 Å². The number of aryl methyl sites for hydroxylation is 1. The van der Waals surface area contributed by atoms with Crippen LogP contribution >= 0.6 is 0 Å². The lowest BCUT2D eigenvalue weighted by molar-refractivity contribution is 0.0940. The maximum atomic E-state index is 14.0. The minimum Gasteiger partial charge on any atom is -0.383 e. The molecule has 11 nitrogen and oxygen atoms in total. The molecule has 196 valence electrons. The van der Waals surface area contributed by atoms with E-state index in [4.69, 9.17) is 5.73 Å². The lowest BCUT2D eigenvalue weighted by Gasteiger charge is -2.21. The van der Waals surface area contributed by atoms with Gasteiger partial charge in [0.15, 0.2) is 0 Å². The normalized spacial score (nSPS) is 11.8. The Morgan fingerprint density at radius 3 is 2.62 bits per heavy atom. The lowest BCUT2D eigenvalue weighted by atomic mass is 10.1. The quantitative estimate of drug-likeness (QED) is 0.335. The van der Waals surface area contributed by atoms with Gasteiger partial charge in [-0.05, 0) is 37.1 Å². The molecule has 0 bridgehead atoms. The van der Waals surface area contributed by atoms with Crippen LogP contribution in [-0.4, -0.2) is 39.6 Å². The summed E-state index contributed by atoms with van der Waals surface area (Å²) in [6.07, 6.45) is 8.15. The molecular formula is C29H23N9O2. The number of nitrogens with one attached hydrogen (secondary N) is 1. The maximum Gasteiger partial charge on any atom is 0.339 e. The third-order valence-corrected chi connectivity index (χ3v) is 6.45. The second kappa shape index (κ2) is 9.85. The smallest absolute Gasteiger partial charge is 0.339 e. The van der Waals surface area contributed by atoms with Gasteiger partial charge in [0.2, 0.25) is 0 Å². The Kier molecular flexibility index (Phi) is 6.05. The fraction of sp³-hybridized carbons (Fsp3) is 0.103. The predicted octanol–water partition coefficient (Wildman–Crippen LogP) is 2.63. The van der Waals surface area contributed by atoms with Gasteiger partial charge in [0, 0.05) is 37.1 Å². The standard InChI is InChI=1S/C29H23N9O2/c1-18(35-28(39)25-26-20(7-6-12-31-26)15-33-27(25)30)23-13-24-32-16-22(11-10-19-14-34-36(2)17-19)38(24)29(40)37(23)21-8-4-3-5-9-21/h3-9,12-18H,1-2H3,(H2,30,33)(H,35,39)/t18-/m0/s1. The molecule has 0 fully saturated rings. The van der Waals surface area contributed by atoms with Gasteiger partial charge in [-0.25, -0.2) is 19.2 Å². The Bertz CT molecular complexity index is 2030. The monoisotopic (exact) mass is 529 g/mol. The van der Waals surface area contributed by atoms with E-state index in [2.05, 4.69) is 37.2 Å². The van der Waals surface area contributed by atoms with Crippen molar-refractivity contribution in [1.29, 1.82) is 0 Å². The SMILES string of the molecule is C[C@H](NC(=O)c1c(N)ncc2cccnc12)c1cc2ncc(C#Cc3cnn(C)c3)n2c(=O)n1-c1ccccc1. The zero-order chi connectivity index (χ0) is 27.8. The van der Waals surface area contributed by atoms with Gasteiger partial charge in [-0.15, -0.1) is 0 Å². The van der Waals surface area contributed by atoms with Crippen molar-refractivity contribution in [2.45, 2.75) is 13.0 Å². The van der Waals surface area contributed by atoms with Crippen LogP contribution in [0.5, 0.6) is 0 Å². The molecule has 5 heterocycles. The third-order valence-electron chi connectivity index (χ3n) is 6.45. The molecule has 0 unspecified atom stereocenters. The first kappa shape index (κ1) is 24.6. The number of fused-ring (bicyclic) bond motifs is 2. The second-order valence-electron chi connectivity index (χ2n) is 9.17. The van der Waals surface area contributed by atoms with Crippen molar-refractivity contribution in [2.24, 2.45) is 7.05 Å². The number of amides is 1. The number of para-hydroxylation sites is 1. The van der Waals surface area contributed by atoms with E-state index in [-0.39, 0.29) is 17.1 Å². The number of nitrogens with zero attached hydrogens (tertiary/aromatic N) is 7. The molecule has 0 saturated carbocycles. The second-order valence-corrected chi connectivity index (χ2v) is 9.17. The number of benzene rings is 1. The van der Waals surface area contributed by atoms with Crippen LogP contribution in [0, 0.1) is 11.8 Å². The summed E-state index contributed by atoms with van der Waals surface area (Å²) in [6, 6.07) is 13.9. The van der Waals surface area contributed by atoms with Crippen molar-refractivity contribution < 1.29 is 4.79 Å². The number of hydrogen-bond acceptors (Lipinski definition) is 7. The van der Waals surface area contributed by atoms with Crippen LogP contribution in [-0.2, 0) is 7.05 Å². The van der Waals surface area contributed by atoms with Crippen molar-refractivity contribution >= 4 is 28.3 Å². The summed E-state index contributed by atoms with van der Waals surface area (Å²) in [5.41, 5.74) is 9.03. The first-order valence-corrected chi connectivity index (χ1v) is 12.4. The Labute approximate surface area is 227 Å². The largest absolute Gasteiger partial charge is 0.383 e. The van der Waals surface area contributed by atoms with E-state index in [0.29, 0.717) is 39.2 Å². The topological polar surface area (TPSA) is 138 Å². The summed E-state index contributed by atoms with van der Waals surface area (Å²) >= 11 is 0. The molecule has 0 aliphatic rings. The van der Waals surface area contributed by atoms with Gasteiger partial charge in [0.05, 0.1) is 40.9 Å². The fourth-order valence-electron chi connectivity index (χ4n) is 4.56. The van der Waals surface area contributed by atoms with Crippen LogP contribution < -0.4 is 16.7 Å². The molecule has 1 atom stereocenters. The molecule has 0 radical (unpaired) electrons. The van der Waals surface area contributed by atoms with E-state index in [9.17, 15) is 9.59 Å². The molecule has 40 heavy (non-hydrogen) atoms. The minimum atomic E-state index is -0.620. The van der Waals surface area contributed by atoms with E-state index >= 15 is 0 Å². The highest BCUT2D eigenvalue weighted by atomic mass is 16.2. The zero-order valence-electron chi connectivity index (χ0n) is 21.6. The molecule has 5 aromatic heterocycles. The van der Waals surface area contributed by atoms with E-state index < -0.39 is 11.9 Å². The molecular weight excluding hydrogens is 506 g/mol. The number of hydrogen-bond donors (Lipinski definition) is 2. The van der Waals surface area contributed by atoms with Gasteiger partial charge in [-0.1, -0.05) is 24.1 Å². The summed E-state index contributed by atoms with van der Waals surface area (Å²) in [5.74, 6) is 5.66. The van der Waals surface area contributed by atoms with Crippen molar-refractivity contribution in [3.05, 3.63) is 113 Å². The number of aromatic nitrogens is 7. The van der Waals surface area contributed by atoms with Gasteiger partial charge >= 0.3 is 5.69 Å². The highest BCUT2D eigenvalue weighted by Gasteiger charge is 2.23. The fourth-order valence-corrected chi connectivity index (χ4v) is 4.56. The highest BCUT2D eigenvalue weighted by Crippen LogP contribution is 2.23. The van der Waals surface area contributed by atoms with Gasteiger partial charge in [0.25, 0.3) is 5.91 Å². The number of nitrogens with two attached hydrogens (primary N) is 1. The molecule has 6 aromatic rings. The molecule has 0 saturated heterocycles. The van der Waals surface area contributed by atoms with E-state index in [1.807, 2.05) is 36.4 Å². The molecule has 3 N–H and O–H groups in total. The molecule has 0 aliphatic heterocycles. The Hall–Kier alpha value is -5.76. The van der Waals surface area contributed by atoms with Crippen LogP contribution in [0.4, 0.5) is 5.82 Å². The van der Waals surface area contributed by atoms with Crippen molar-refractivity contribution in [2.75, 3.05) is 5.73 Å². The molecule has 0 aliphatic carbocycles. The number of carbonyl (C=O) groups excluding carboxylic acids is 1. The maximum absolute atomic E-state index is 14.0. The molecule has 0 spiro atoms. The van der Waals surface area contributed by atoms with E-state index in [0.717, 1.165) is 0 Å². The van der Waals surface area contributed by atoms with E-state index in [1.54, 1.807) is 61.8 Å². The highest BCUT2D eigenvalue weighted by molar-refractivity contribution is 6.09. The molecule has 1 amide bonds. The Morgan fingerprint density at radius 2 is 1.85 bits per heavy atom.